The average molecular weight is 710 g/mol. The second-order valence-electron chi connectivity index (χ2n) is 13.7. The molecule has 3 aromatic rings. The maximum absolute atomic E-state index is 14.2. The predicted octanol–water partition coefficient (Wildman–Crippen LogP) is 4.67. The van der Waals surface area contributed by atoms with E-state index in [1.165, 1.54) is 15.4 Å². The van der Waals surface area contributed by atoms with Crippen molar-refractivity contribution in [2.45, 2.75) is 95.4 Å². The predicted molar refractivity (Wildman–Crippen MR) is 170 cm³/mol. The molecule has 12 nitrogen and oxygen atoms in total. The molecule has 0 radical (unpaired) electrons. The van der Waals surface area contributed by atoms with E-state index >= 15 is 0 Å². The van der Waals surface area contributed by atoms with Gasteiger partial charge in [-0.15, -0.1) is 0 Å². The number of likely N-dealkylation sites (tertiary alicyclic amines) is 1. The lowest BCUT2D eigenvalue weighted by atomic mass is 9.81. The van der Waals surface area contributed by atoms with Gasteiger partial charge in [0, 0.05) is 58.1 Å². The number of rotatable bonds is 11. The number of nitrogens with one attached hydrogen (secondary N) is 2. The summed E-state index contributed by atoms with van der Waals surface area (Å²) >= 11 is 0. The van der Waals surface area contributed by atoms with E-state index in [0.717, 1.165) is 25.8 Å². The van der Waals surface area contributed by atoms with Crippen molar-refractivity contribution in [2.75, 3.05) is 33.4 Å². The van der Waals surface area contributed by atoms with Crippen molar-refractivity contribution in [1.82, 2.24) is 44.9 Å². The number of hydrogen-bond donors (Lipinski definition) is 2. The number of methoxy groups -OCH3 is 1. The molecule has 6 rings (SSSR count). The van der Waals surface area contributed by atoms with Crippen LogP contribution < -0.4 is 10.6 Å². The number of halogens is 5. The monoisotopic (exact) mass is 709 g/mol. The quantitative estimate of drug-likeness (QED) is 0.275. The van der Waals surface area contributed by atoms with E-state index < -0.39 is 48.3 Å². The Labute approximate surface area is 286 Å². The summed E-state index contributed by atoms with van der Waals surface area (Å²) in [6.07, 6.45) is 0.465. The van der Waals surface area contributed by atoms with Crippen molar-refractivity contribution in [2.24, 2.45) is 17.8 Å². The normalized spacial score (nSPS) is 24.3. The number of hydrogen-bond acceptors (Lipinski definition) is 8. The highest BCUT2D eigenvalue weighted by atomic mass is 19.4. The molecule has 0 aromatic carbocycles. The van der Waals surface area contributed by atoms with Crippen molar-refractivity contribution in [1.29, 1.82) is 0 Å². The Morgan fingerprint density at radius 3 is 2.68 bits per heavy atom. The zero-order valence-corrected chi connectivity index (χ0v) is 28.3. The minimum Gasteiger partial charge on any atom is -0.383 e. The molecule has 3 fully saturated rings. The maximum atomic E-state index is 14.2. The van der Waals surface area contributed by atoms with E-state index in [9.17, 15) is 31.5 Å². The molecule has 2 saturated heterocycles. The van der Waals surface area contributed by atoms with Crippen molar-refractivity contribution >= 4 is 17.6 Å². The number of ether oxygens (including phenoxy) is 1. The zero-order valence-electron chi connectivity index (χ0n) is 28.3. The minimum atomic E-state index is -4.46. The molecule has 3 aliphatic rings. The molecule has 2 N–H and O–H groups in total. The second-order valence-corrected chi connectivity index (χ2v) is 13.7. The number of carbonyl (C=O) groups excluding carboxylic acids is 2. The SMILES string of the molecule is CCn1nccc1C(=O)N[C@H](c1cn2nc(C[C@H]3C[C@@H](C(F)(F)F)CNC3=O)c(C3CCCCN3CCOC)nc2n1)C1CCC(F)(F)CC1. The van der Waals surface area contributed by atoms with Crippen LogP contribution in [-0.4, -0.2) is 91.5 Å². The number of nitrogens with zero attached hydrogens (tertiary/aromatic N) is 7. The van der Waals surface area contributed by atoms with Crippen LogP contribution in [-0.2, 0) is 22.5 Å². The van der Waals surface area contributed by atoms with Gasteiger partial charge in [0.05, 0.1) is 47.9 Å². The standard InChI is InChI=1S/C33H44F5N9O3/c1-3-46-26(9-12-40-46)30(49)42-27(20-7-10-32(34,35)11-8-20)24-19-47-31(41-24)43-28(25-6-4-5-13-45(25)14-15-50-2)23(44-47)17-21-16-22(33(36,37)38)18-39-29(21)48/h9,12,19-22,25,27H,3-8,10-11,13-18H2,1-2H3,(H,39,48)(H,42,49)/t21-,22-,25?,27+/m1/s1. The smallest absolute Gasteiger partial charge is 0.383 e. The molecular formula is C33H44F5N9O3. The van der Waals surface area contributed by atoms with Gasteiger partial charge < -0.3 is 15.4 Å². The van der Waals surface area contributed by atoms with E-state index in [1.54, 1.807) is 19.4 Å². The van der Waals surface area contributed by atoms with Crippen LogP contribution in [0.1, 0.15) is 97.9 Å². The number of aryl methyl sites for hydroxylation is 1. The zero-order chi connectivity index (χ0) is 35.6. The number of aromatic nitrogens is 6. The Morgan fingerprint density at radius 1 is 1.18 bits per heavy atom. The lowest BCUT2D eigenvalue weighted by Gasteiger charge is -2.36. The van der Waals surface area contributed by atoms with E-state index in [-0.39, 0.29) is 56.3 Å². The third-order valence-electron chi connectivity index (χ3n) is 10.4. The average Bonchev–Trinajstić information content (AvgIpc) is 3.74. The van der Waals surface area contributed by atoms with Gasteiger partial charge >= 0.3 is 6.18 Å². The first-order chi connectivity index (χ1) is 23.9. The molecule has 4 atom stereocenters. The number of imidazole rings is 1. The molecule has 2 amide bonds. The summed E-state index contributed by atoms with van der Waals surface area (Å²) in [5.41, 5.74) is 1.63. The minimum absolute atomic E-state index is 0.0578. The van der Waals surface area contributed by atoms with Gasteiger partial charge in [0.15, 0.2) is 0 Å². The fourth-order valence-electron chi connectivity index (χ4n) is 7.60. The first kappa shape index (κ1) is 36.1. The molecule has 5 heterocycles. The lowest BCUT2D eigenvalue weighted by molar-refractivity contribution is -0.183. The molecule has 1 aliphatic carbocycles. The van der Waals surface area contributed by atoms with Gasteiger partial charge in [-0.3, -0.25) is 19.2 Å². The fraction of sp³-hybridized carbons (Fsp3) is 0.697. The summed E-state index contributed by atoms with van der Waals surface area (Å²) in [4.78, 5) is 38.4. The Balaban J connectivity index is 1.39. The van der Waals surface area contributed by atoms with Crippen LogP contribution in [0, 0.1) is 17.8 Å². The first-order valence-corrected chi connectivity index (χ1v) is 17.4. The fourth-order valence-corrected chi connectivity index (χ4v) is 7.60. The van der Waals surface area contributed by atoms with Crippen LogP contribution in [0.25, 0.3) is 5.78 Å². The Morgan fingerprint density at radius 2 is 1.96 bits per heavy atom. The number of carbonyl (C=O) groups is 2. The molecule has 1 unspecified atom stereocenters. The van der Waals surface area contributed by atoms with Crippen LogP contribution >= 0.6 is 0 Å². The van der Waals surface area contributed by atoms with E-state index in [4.69, 9.17) is 19.8 Å². The van der Waals surface area contributed by atoms with Gasteiger partial charge in [-0.2, -0.15) is 23.4 Å². The van der Waals surface area contributed by atoms with Crippen molar-refractivity contribution in [3.8, 4) is 0 Å². The number of alkyl halides is 5. The molecule has 274 valence electrons. The molecule has 50 heavy (non-hydrogen) atoms. The Hall–Kier alpha value is -3.73. The maximum Gasteiger partial charge on any atom is 0.393 e. The van der Waals surface area contributed by atoms with Crippen molar-refractivity contribution in [3.05, 3.63) is 41.2 Å². The molecule has 2 aliphatic heterocycles. The highest BCUT2D eigenvalue weighted by molar-refractivity contribution is 5.92. The van der Waals surface area contributed by atoms with Crippen LogP contribution in [0.4, 0.5) is 22.0 Å². The highest BCUT2D eigenvalue weighted by Crippen LogP contribution is 2.42. The third-order valence-corrected chi connectivity index (χ3v) is 10.4. The van der Waals surface area contributed by atoms with Crippen molar-refractivity contribution < 1.29 is 36.3 Å². The molecule has 17 heteroatoms. The van der Waals surface area contributed by atoms with Gasteiger partial charge in [0.2, 0.25) is 11.8 Å². The lowest BCUT2D eigenvalue weighted by Crippen LogP contribution is -2.47. The number of piperidine rings is 2. The summed E-state index contributed by atoms with van der Waals surface area (Å²) in [6.45, 7) is 3.66. The van der Waals surface area contributed by atoms with Crippen LogP contribution in [0.3, 0.4) is 0 Å². The highest BCUT2D eigenvalue weighted by Gasteiger charge is 2.45. The van der Waals surface area contributed by atoms with E-state index in [0.29, 0.717) is 42.5 Å². The Bertz CT molecular complexity index is 1650. The van der Waals surface area contributed by atoms with E-state index in [2.05, 4.69) is 20.6 Å². The van der Waals surface area contributed by atoms with Crippen LogP contribution in [0.5, 0.6) is 0 Å². The molecular weight excluding hydrogens is 665 g/mol. The first-order valence-electron chi connectivity index (χ1n) is 17.4. The summed E-state index contributed by atoms with van der Waals surface area (Å²) in [5, 5.41) is 14.5. The van der Waals surface area contributed by atoms with Gasteiger partial charge in [0.1, 0.15) is 5.69 Å². The second kappa shape index (κ2) is 14.9. The van der Waals surface area contributed by atoms with Gasteiger partial charge in [-0.25, -0.2) is 23.3 Å². The summed E-state index contributed by atoms with van der Waals surface area (Å²) < 4.78 is 78.0. The summed E-state index contributed by atoms with van der Waals surface area (Å²) in [6, 6.07) is 0.598. The third kappa shape index (κ3) is 7.92. The van der Waals surface area contributed by atoms with Crippen LogP contribution in [0.2, 0.25) is 0 Å². The summed E-state index contributed by atoms with van der Waals surface area (Å²) in [5.74, 6) is -6.47. The molecule has 0 bridgehead atoms. The van der Waals surface area contributed by atoms with Gasteiger partial charge in [0.25, 0.3) is 11.7 Å². The molecule has 1 saturated carbocycles. The number of fused-ring (bicyclic) bond motifs is 1. The van der Waals surface area contributed by atoms with Gasteiger partial charge in [-0.1, -0.05) is 6.42 Å². The van der Waals surface area contributed by atoms with Crippen LogP contribution in [0.15, 0.2) is 18.5 Å². The topological polar surface area (TPSA) is 132 Å². The largest absolute Gasteiger partial charge is 0.393 e. The van der Waals surface area contributed by atoms with E-state index in [1.807, 2.05) is 6.92 Å². The summed E-state index contributed by atoms with van der Waals surface area (Å²) in [7, 11) is 1.61. The number of amides is 2. The molecule has 3 aromatic heterocycles. The van der Waals surface area contributed by atoms with Gasteiger partial charge in [-0.05, 0) is 57.6 Å². The molecule has 0 spiro atoms. The van der Waals surface area contributed by atoms with Crippen molar-refractivity contribution in [3.63, 3.8) is 0 Å². The Kier molecular flexibility index (Phi) is 10.7.